The monoisotopic (exact) mass is 311 g/mol. The van der Waals surface area contributed by atoms with E-state index in [1.165, 1.54) is 6.07 Å². The number of benzene rings is 2. The zero-order valence-electron chi connectivity index (χ0n) is 12.0. The van der Waals surface area contributed by atoms with Gasteiger partial charge in [-0.2, -0.15) is 10.4 Å². The van der Waals surface area contributed by atoms with Crippen molar-refractivity contribution >= 4 is 10.8 Å². The van der Waals surface area contributed by atoms with Crippen LogP contribution in [0.15, 0.2) is 47.3 Å². The number of rotatable bonds is 3. The Morgan fingerprint density at radius 3 is 2.52 bits per heavy atom. The Labute approximate surface area is 130 Å². The molecule has 0 spiro atoms. The van der Waals surface area contributed by atoms with E-state index in [-0.39, 0.29) is 18.5 Å². The molecule has 0 unspecified atom stereocenters. The first kappa shape index (κ1) is 14.9. The minimum atomic E-state index is -0.933. The number of fused-ring (bicyclic) bond motifs is 1. The van der Waals surface area contributed by atoms with Gasteiger partial charge in [0.15, 0.2) is 11.6 Å². The molecule has 0 amide bonds. The minimum Gasteiger partial charge on any atom is -0.267 e. The van der Waals surface area contributed by atoms with Gasteiger partial charge in [-0.3, -0.25) is 4.79 Å². The SMILES string of the molecule is N#CCn1nc(Cc2ccc(F)c(F)c2)c2ccccc2c1=O. The summed E-state index contributed by atoms with van der Waals surface area (Å²) in [5, 5.41) is 14.1. The Kier molecular flexibility index (Phi) is 3.85. The van der Waals surface area contributed by atoms with E-state index in [0.717, 1.165) is 16.8 Å². The maximum absolute atomic E-state index is 13.4. The summed E-state index contributed by atoms with van der Waals surface area (Å²) in [4.78, 5) is 12.3. The van der Waals surface area contributed by atoms with Crippen LogP contribution in [0.4, 0.5) is 8.78 Å². The molecule has 0 radical (unpaired) electrons. The van der Waals surface area contributed by atoms with Crippen molar-refractivity contribution in [2.24, 2.45) is 0 Å². The summed E-state index contributed by atoms with van der Waals surface area (Å²) >= 11 is 0. The molecule has 1 heterocycles. The van der Waals surface area contributed by atoms with Crippen LogP contribution in [0.1, 0.15) is 11.3 Å². The zero-order chi connectivity index (χ0) is 16.4. The first-order chi connectivity index (χ1) is 11.1. The van der Waals surface area contributed by atoms with E-state index in [1.807, 2.05) is 6.07 Å². The molecule has 6 heteroatoms. The van der Waals surface area contributed by atoms with Gasteiger partial charge in [-0.1, -0.05) is 24.3 Å². The van der Waals surface area contributed by atoms with Crippen molar-refractivity contribution in [3.8, 4) is 6.07 Å². The van der Waals surface area contributed by atoms with E-state index in [2.05, 4.69) is 5.10 Å². The number of aromatic nitrogens is 2. The van der Waals surface area contributed by atoms with Crippen LogP contribution in [0.3, 0.4) is 0 Å². The molecule has 3 rings (SSSR count). The summed E-state index contributed by atoms with van der Waals surface area (Å²) in [6.45, 7) is -0.172. The summed E-state index contributed by atoms with van der Waals surface area (Å²) in [5.74, 6) is -1.85. The van der Waals surface area contributed by atoms with E-state index < -0.39 is 11.6 Å². The summed E-state index contributed by atoms with van der Waals surface area (Å²) in [7, 11) is 0. The van der Waals surface area contributed by atoms with Crippen molar-refractivity contribution in [2.75, 3.05) is 0 Å². The number of nitriles is 1. The van der Waals surface area contributed by atoms with Gasteiger partial charge in [-0.05, 0) is 23.8 Å². The van der Waals surface area contributed by atoms with Gasteiger partial charge in [0.2, 0.25) is 0 Å². The molecule has 4 nitrogen and oxygen atoms in total. The molecule has 0 aliphatic rings. The maximum atomic E-state index is 13.4. The highest BCUT2D eigenvalue weighted by Gasteiger charge is 2.12. The summed E-state index contributed by atoms with van der Waals surface area (Å²) in [6, 6.07) is 12.4. The van der Waals surface area contributed by atoms with Crippen molar-refractivity contribution in [2.45, 2.75) is 13.0 Å². The molecule has 2 aromatic carbocycles. The highest BCUT2D eigenvalue weighted by atomic mass is 19.2. The van der Waals surface area contributed by atoms with Crippen LogP contribution >= 0.6 is 0 Å². The van der Waals surface area contributed by atoms with Gasteiger partial charge in [0.1, 0.15) is 6.54 Å². The van der Waals surface area contributed by atoms with Crippen LogP contribution in [0.5, 0.6) is 0 Å². The molecule has 0 bridgehead atoms. The molecule has 0 aliphatic carbocycles. The molecule has 1 aromatic heterocycles. The van der Waals surface area contributed by atoms with Gasteiger partial charge < -0.3 is 0 Å². The van der Waals surface area contributed by atoms with E-state index in [4.69, 9.17) is 5.26 Å². The van der Waals surface area contributed by atoms with E-state index in [0.29, 0.717) is 22.0 Å². The highest BCUT2D eigenvalue weighted by molar-refractivity contribution is 5.83. The molecule has 0 fully saturated rings. The van der Waals surface area contributed by atoms with Crippen LogP contribution in [-0.2, 0) is 13.0 Å². The lowest BCUT2D eigenvalue weighted by Gasteiger charge is -2.09. The van der Waals surface area contributed by atoms with Gasteiger partial charge in [0.25, 0.3) is 5.56 Å². The molecule has 0 N–H and O–H groups in total. The Balaban J connectivity index is 2.16. The van der Waals surface area contributed by atoms with Crippen LogP contribution in [0, 0.1) is 23.0 Å². The quantitative estimate of drug-likeness (QED) is 0.747. The molecule has 0 saturated heterocycles. The Hall–Kier alpha value is -3.07. The molecule has 23 heavy (non-hydrogen) atoms. The molecule has 0 aliphatic heterocycles. The molecule has 114 valence electrons. The molecular weight excluding hydrogens is 300 g/mol. The highest BCUT2D eigenvalue weighted by Crippen LogP contribution is 2.18. The lowest BCUT2D eigenvalue weighted by Crippen LogP contribution is -2.24. The van der Waals surface area contributed by atoms with Crippen LogP contribution in [0.2, 0.25) is 0 Å². The Bertz CT molecular complexity index is 989. The number of hydrogen-bond acceptors (Lipinski definition) is 3. The second kappa shape index (κ2) is 5.97. The largest absolute Gasteiger partial charge is 0.275 e. The van der Waals surface area contributed by atoms with Crippen molar-refractivity contribution < 1.29 is 8.78 Å². The normalized spacial score (nSPS) is 10.7. The van der Waals surface area contributed by atoms with E-state index in [1.54, 1.807) is 24.3 Å². The third kappa shape index (κ3) is 2.81. The fourth-order valence-corrected chi connectivity index (χ4v) is 2.45. The van der Waals surface area contributed by atoms with Crippen LogP contribution < -0.4 is 5.56 Å². The van der Waals surface area contributed by atoms with E-state index >= 15 is 0 Å². The van der Waals surface area contributed by atoms with Crippen molar-refractivity contribution in [1.82, 2.24) is 9.78 Å². The van der Waals surface area contributed by atoms with Gasteiger partial charge >= 0.3 is 0 Å². The number of halogens is 2. The smallest absolute Gasteiger partial charge is 0.267 e. The molecule has 0 atom stereocenters. The standard InChI is InChI=1S/C17H11F2N3O/c18-14-6-5-11(9-15(14)19)10-16-12-3-1-2-4-13(12)17(23)22(21-16)8-7-20/h1-6,9H,8,10H2. The topological polar surface area (TPSA) is 58.7 Å². The average Bonchev–Trinajstić information content (AvgIpc) is 2.55. The fraction of sp³-hybridized carbons (Fsp3) is 0.118. The minimum absolute atomic E-state index is 0.172. The second-order valence-corrected chi connectivity index (χ2v) is 5.04. The molecular formula is C17H11F2N3O. The molecule has 3 aromatic rings. The van der Waals surface area contributed by atoms with Gasteiger partial charge in [0.05, 0.1) is 17.1 Å². The first-order valence-electron chi connectivity index (χ1n) is 6.90. The maximum Gasteiger partial charge on any atom is 0.275 e. The van der Waals surface area contributed by atoms with Crippen LogP contribution in [0.25, 0.3) is 10.8 Å². The number of nitrogens with zero attached hydrogens (tertiary/aromatic N) is 3. The molecule has 0 saturated carbocycles. The summed E-state index contributed by atoms with van der Waals surface area (Å²) in [5.41, 5.74) is 0.710. The summed E-state index contributed by atoms with van der Waals surface area (Å²) in [6.07, 6.45) is 0.226. The predicted octanol–water partition coefficient (Wildman–Crippen LogP) is 2.79. The van der Waals surface area contributed by atoms with Gasteiger partial charge in [-0.15, -0.1) is 0 Å². The summed E-state index contributed by atoms with van der Waals surface area (Å²) < 4.78 is 27.5. The first-order valence-corrected chi connectivity index (χ1v) is 6.90. The van der Waals surface area contributed by atoms with Crippen molar-refractivity contribution in [3.05, 3.63) is 75.7 Å². The average molecular weight is 311 g/mol. The van der Waals surface area contributed by atoms with Gasteiger partial charge in [0, 0.05) is 11.8 Å². The second-order valence-electron chi connectivity index (χ2n) is 5.04. The fourth-order valence-electron chi connectivity index (χ4n) is 2.45. The zero-order valence-corrected chi connectivity index (χ0v) is 12.0. The lowest BCUT2D eigenvalue weighted by molar-refractivity contribution is 0.507. The number of hydrogen-bond donors (Lipinski definition) is 0. The third-order valence-electron chi connectivity index (χ3n) is 3.52. The lowest BCUT2D eigenvalue weighted by atomic mass is 10.0. The van der Waals surface area contributed by atoms with Crippen LogP contribution in [-0.4, -0.2) is 9.78 Å². The van der Waals surface area contributed by atoms with E-state index in [9.17, 15) is 13.6 Å². The van der Waals surface area contributed by atoms with Crippen molar-refractivity contribution in [1.29, 1.82) is 5.26 Å². The van der Waals surface area contributed by atoms with Gasteiger partial charge in [-0.25, -0.2) is 13.5 Å². The Morgan fingerprint density at radius 1 is 1.09 bits per heavy atom. The van der Waals surface area contributed by atoms with Crippen molar-refractivity contribution in [3.63, 3.8) is 0 Å². The predicted molar refractivity (Wildman–Crippen MR) is 80.8 cm³/mol. The third-order valence-corrected chi connectivity index (χ3v) is 3.52. The Morgan fingerprint density at radius 2 is 1.83 bits per heavy atom.